The van der Waals surface area contributed by atoms with Gasteiger partial charge < -0.3 is 27.3 Å². The summed E-state index contributed by atoms with van der Waals surface area (Å²) in [6.07, 6.45) is 1.13. The lowest BCUT2D eigenvalue weighted by atomic mass is 10.1. The Kier molecular flexibility index (Phi) is 5.97. The molecule has 0 unspecified atom stereocenters. The van der Waals surface area contributed by atoms with Crippen molar-refractivity contribution in [3.05, 3.63) is 36.4 Å². The van der Waals surface area contributed by atoms with Crippen LogP contribution in [-0.4, -0.2) is 31.6 Å². The van der Waals surface area contributed by atoms with E-state index in [-0.39, 0.29) is 11.9 Å². The molecule has 2 rings (SSSR count). The van der Waals surface area contributed by atoms with Crippen LogP contribution < -0.4 is 27.3 Å². The molecule has 1 amide bonds. The van der Waals surface area contributed by atoms with Gasteiger partial charge in [-0.1, -0.05) is 24.3 Å². The van der Waals surface area contributed by atoms with Gasteiger partial charge in [0, 0.05) is 23.7 Å². The zero-order valence-corrected chi connectivity index (χ0v) is 13.7. The molecule has 0 aliphatic carbocycles. The van der Waals surface area contributed by atoms with E-state index in [1.54, 1.807) is 13.2 Å². The van der Waals surface area contributed by atoms with E-state index in [4.69, 9.17) is 21.9 Å². The van der Waals surface area contributed by atoms with Crippen LogP contribution >= 0.6 is 0 Å². The number of carbonyl (C=O) groups is 1. The predicted molar refractivity (Wildman–Crippen MR) is 97.0 cm³/mol. The predicted octanol–water partition coefficient (Wildman–Crippen LogP) is 1.17. The van der Waals surface area contributed by atoms with Gasteiger partial charge in [0.2, 0.25) is 5.91 Å². The standard InChI is InChI=1S/C17H23N5O2/c1-24-15-10-12(9-11-5-2-3-6-13(11)15)22-16(23)14(18)7-4-8-21-17(19)20/h2-3,5-6,9-10,14H,4,7-8,18H2,1H3,(H,22,23)(H4,19,20,21)/t14-/m1/s1. The molecule has 0 aromatic heterocycles. The van der Waals surface area contributed by atoms with Gasteiger partial charge in [0.05, 0.1) is 13.2 Å². The van der Waals surface area contributed by atoms with Gasteiger partial charge in [0.1, 0.15) is 5.75 Å². The van der Waals surface area contributed by atoms with Crippen LogP contribution in [0.15, 0.2) is 41.4 Å². The number of methoxy groups -OCH3 is 1. The van der Waals surface area contributed by atoms with Crippen LogP contribution in [0.3, 0.4) is 0 Å². The molecule has 7 heteroatoms. The summed E-state index contributed by atoms with van der Waals surface area (Å²) in [6, 6.07) is 10.8. The summed E-state index contributed by atoms with van der Waals surface area (Å²) >= 11 is 0. The van der Waals surface area contributed by atoms with E-state index in [0.717, 1.165) is 10.8 Å². The third-order valence-corrected chi connectivity index (χ3v) is 3.62. The molecule has 0 radical (unpaired) electrons. The van der Waals surface area contributed by atoms with Gasteiger partial charge in [-0.3, -0.25) is 9.79 Å². The molecule has 2 aromatic rings. The normalized spacial score (nSPS) is 11.8. The molecule has 0 saturated heterocycles. The van der Waals surface area contributed by atoms with E-state index in [1.165, 1.54) is 0 Å². The Morgan fingerprint density at radius 3 is 2.75 bits per heavy atom. The minimum absolute atomic E-state index is 0.0382. The zero-order valence-electron chi connectivity index (χ0n) is 13.7. The Hall–Kier alpha value is -2.80. The number of amides is 1. The molecule has 0 heterocycles. The minimum atomic E-state index is -0.628. The lowest BCUT2D eigenvalue weighted by molar-refractivity contribution is -0.117. The highest BCUT2D eigenvalue weighted by molar-refractivity contribution is 5.99. The number of carbonyl (C=O) groups excluding carboxylic acids is 1. The molecular weight excluding hydrogens is 306 g/mol. The number of benzene rings is 2. The fourth-order valence-corrected chi connectivity index (χ4v) is 2.40. The summed E-state index contributed by atoms with van der Waals surface area (Å²) in [6.45, 7) is 0.451. The topological polar surface area (TPSA) is 129 Å². The van der Waals surface area contributed by atoms with E-state index in [9.17, 15) is 4.79 Å². The molecule has 2 aromatic carbocycles. The highest BCUT2D eigenvalue weighted by Gasteiger charge is 2.14. The Morgan fingerprint density at radius 1 is 1.29 bits per heavy atom. The average Bonchev–Trinajstić information content (AvgIpc) is 2.57. The van der Waals surface area contributed by atoms with Crippen molar-refractivity contribution in [2.45, 2.75) is 18.9 Å². The Labute approximate surface area is 140 Å². The van der Waals surface area contributed by atoms with Gasteiger partial charge >= 0.3 is 0 Å². The molecule has 0 aliphatic rings. The van der Waals surface area contributed by atoms with Crippen molar-refractivity contribution >= 4 is 28.3 Å². The number of nitrogens with zero attached hydrogens (tertiary/aromatic N) is 1. The quantitative estimate of drug-likeness (QED) is 0.344. The number of guanidine groups is 1. The van der Waals surface area contributed by atoms with Crippen molar-refractivity contribution in [2.75, 3.05) is 19.0 Å². The van der Waals surface area contributed by atoms with Crippen LogP contribution in [0.2, 0.25) is 0 Å². The lowest BCUT2D eigenvalue weighted by Crippen LogP contribution is -2.35. The summed E-state index contributed by atoms with van der Waals surface area (Å²) in [5.41, 5.74) is 17.1. The maximum atomic E-state index is 12.2. The Bertz CT molecular complexity index is 741. The van der Waals surface area contributed by atoms with Crippen LogP contribution in [0.25, 0.3) is 10.8 Å². The first-order chi connectivity index (χ1) is 11.5. The Balaban J connectivity index is 2.03. The number of fused-ring (bicyclic) bond motifs is 1. The first-order valence-corrected chi connectivity index (χ1v) is 7.70. The molecule has 0 aliphatic heterocycles. The number of nitrogens with two attached hydrogens (primary N) is 3. The van der Waals surface area contributed by atoms with Gasteiger partial charge in [-0.25, -0.2) is 0 Å². The van der Waals surface area contributed by atoms with E-state index < -0.39 is 6.04 Å². The first-order valence-electron chi connectivity index (χ1n) is 7.70. The SMILES string of the molecule is COc1cc(NC(=O)[C@H](N)CCCN=C(N)N)cc2ccccc12. The van der Waals surface area contributed by atoms with Crippen molar-refractivity contribution in [1.82, 2.24) is 0 Å². The van der Waals surface area contributed by atoms with Crippen LogP contribution in [-0.2, 0) is 4.79 Å². The van der Waals surface area contributed by atoms with Gasteiger partial charge in [-0.05, 0) is 24.3 Å². The maximum absolute atomic E-state index is 12.2. The molecule has 7 nitrogen and oxygen atoms in total. The second-order valence-corrected chi connectivity index (χ2v) is 5.44. The maximum Gasteiger partial charge on any atom is 0.241 e. The summed E-state index contributed by atoms with van der Waals surface area (Å²) in [4.78, 5) is 16.1. The number of hydrogen-bond donors (Lipinski definition) is 4. The van der Waals surface area contributed by atoms with Crippen LogP contribution in [0.4, 0.5) is 5.69 Å². The van der Waals surface area contributed by atoms with Gasteiger partial charge in [-0.15, -0.1) is 0 Å². The number of nitrogens with one attached hydrogen (secondary N) is 1. The number of anilines is 1. The van der Waals surface area contributed by atoms with Gasteiger partial charge in [0.15, 0.2) is 5.96 Å². The average molecular weight is 329 g/mol. The minimum Gasteiger partial charge on any atom is -0.496 e. The molecular formula is C17H23N5O2. The Morgan fingerprint density at radius 2 is 2.04 bits per heavy atom. The van der Waals surface area contributed by atoms with Crippen molar-refractivity contribution in [1.29, 1.82) is 0 Å². The highest BCUT2D eigenvalue weighted by Crippen LogP contribution is 2.29. The second kappa shape index (κ2) is 8.16. The van der Waals surface area contributed by atoms with Crippen molar-refractivity contribution in [3.8, 4) is 5.75 Å². The number of ether oxygens (including phenoxy) is 1. The molecule has 1 atom stereocenters. The number of rotatable bonds is 7. The lowest BCUT2D eigenvalue weighted by Gasteiger charge is -2.14. The summed E-state index contributed by atoms with van der Waals surface area (Å²) in [5, 5.41) is 4.79. The van der Waals surface area contributed by atoms with Crippen molar-refractivity contribution < 1.29 is 9.53 Å². The molecule has 0 saturated carbocycles. The van der Waals surface area contributed by atoms with Gasteiger partial charge in [-0.2, -0.15) is 0 Å². The molecule has 24 heavy (non-hydrogen) atoms. The smallest absolute Gasteiger partial charge is 0.241 e. The van der Waals surface area contributed by atoms with Crippen LogP contribution in [0.5, 0.6) is 5.75 Å². The largest absolute Gasteiger partial charge is 0.496 e. The molecule has 0 fully saturated rings. The second-order valence-electron chi connectivity index (χ2n) is 5.44. The van der Waals surface area contributed by atoms with E-state index in [0.29, 0.717) is 30.8 Å². The van der Waals surface area contributed by atoms with Crippen molar-refractivity contribution in [2.24, 2.45) is 22.2 Å². The van der Waals surface area contributed by atoms with Crippen LogP contribution in [0, 0.1) is 0 Å². The fourth-order valence-electron chi connectivity index (χ4n) is 2.40. The van der Waals surface area contributed by atoms with E-state index in [2.05, 4.69) is 10.3 Å². The van der Waals surface area contributed by atoms with Crippen molar-refractivity contribution in [3.63, 3.8) is 0 Å². The third kappa shape index (κ3) is 4.60. The number of aliphatic imine (C=N–C) groups is 1. The van der Waals surface area contributed by atoms with E-state index >= 15 is 0 Å². The molecule has 7 N–H and O–H groups in total. The molecule has 128 valence electrons. The molecule has 0 spiro atoms. The first kappa shape index (κ1) is 17.6. The fraction of sp³-hybridized carbons (Fsp3) is 0.294. The molecule has 0 bridgehead atoms. The van der Waals surface area contributed by atoms with E-state index in [1.807, 2.05) is 30.3 Å². The van der Waals surface area contributed by atoms with Crippen LogP contribution in [0.1, 0.15) is 12.8 Å². The zero-order chi connectivity index (χ0) is 17.5. The highest BCUT2D eigenvalue weighted by atomic mass is 16.5. The summed E-state index contributed by atoms with van der Waals surface area (Å²) < 4.78 is 5.39. The van der Waals surface area contributed by atoms with Gasteiger partial charge in [0.25, 0.3) is 0 Å². The monoisotopic (exact) mass is 329 g/mol. The summed E-state index contributed by atoms with van der Waals surface area (Å²) in [7, 11) is 1.60. The third-order valence-electron chi connectivity index (χ3n) is 3.62. The summed E-state index contributed by atoms with van der Waals surface area (Å²) in [5.74, 6) is 0.484. The number of hydrogen-bond acceptors (Lipinski definition) is 4.